The molecule has 0 aliphatic carbocycles. The van der Waals surface area contributed by atoms with E-state index in [1.165, 1.54) is 0 Å². The highest BCUT2D eigenvalue weighted by molar-refractivity contribution is 7.45. The number of halogens is 4. The molecule has 9 heteroatoms. The lowest BCUT2D eigenvalue weighted by Gasteiger charge is -2.35. The Balaban J connectivity index is 4.37. The molecule has 0 spiro atoms. The summed E-state index contributed by atoms with van der Waals surface area (Å²) in [4.78, 5) is 0. The van der Waals surface area contributed by atoms with Crippen LogP contribution in [0.25, 0.3) is 0 Å². The van der Waals surface area contributed by atoms with E-state index in [9.17, 15) is 0 Å². The first kappa shape index (κ1) is 21.0. The second kappa shape index (κ2) is 7.50. The molecule has 0 N–H and O–H groups in total. The molecule has 0 aliphatic heterocycles. The molecule has 0 fully saturated rings. The lowest BCUT2D eigenvalue weighted by atomic mass is 10.9. The Morgan fingerprint density at radius 2 is 0.842 bits per heavy atom. The van der Waals surface area contributed by atoms with E-state index in [1.54, 1.807) is 0 Å². The van der Waals surface area contributed by atoms with Crippen molar-refractivity contribution in [1.29, 1.82) is 0 Å². The fourth-order valence-corrected chi connectivity index (χ4v) is 20.4. The first-order valence-corrected chi connectivity index (χ1v) is 22.3. The van der Waals surface area contributed by atoms with Gasteiger partial charge in [-0.05, 0) is 63.5 Å². The molecular formula is C10H26Cl4OSi4. The molecule has 0 aliphatic rings. The maximum Gasteiger partial charge on any atom is 0.248 e. The van der Waals surface area contributed by atoms with Gasteiger partial charge in [-0.1, -0.05) is 0 Å². The van der Waals surface area contributed by atoms with E-state index in [1.807, 2.05) is 13.1 Å². The highest BCUT2D eigenvalue weighted by Gasteiger charge is 2.36. The summed E-state index contributed by atoms with van der Waals surface area (Å²) in [6.45, 7) is 8.95. The van der Waals surface area contributed by atoms with E-state index in [2.05, 4.69) is 26.2 Å². The van der Waals surface area contributed by atoms with Crippen LogP contribution < -0.4 is 0 Å². The third kappa shape index (κ3) is 13.4. The zero-order chi connectivity index (χ0) is 15.5. The fraction of sp³-hybridized carbons (Fsp3) is 1.00. The molecule has 19 heavy (non-hydrogen) atoms. The minimum atomic E-state index is -2.01. The molecule has 116 valence electrons. The normalized spacial score (nSPS) is 14.8. The molecule has 0 bridgehead atoms. The first-order chi connectivity index (χ1) is 8.12. The van der Waals surface area contributed by atoms with Gasteiger partial charge in [0.15, 0.2) is 16.6 Å². The van der Waals surface area contributed by atoms with E-state index in [-0.39, 0.29) is 0 Å². The number of hydrogen-bond acceptors (Lipinski definition) is 1. The minimum Gasteiger partial charge on any atom is -0.456 e. The Hall–Kier alpha value is 1.99. The molecule has 0 radical (unpaired) electrons. The van der Waals surface area contributed by atoms with Crippen molar-refractivity contribution in [3.63, 3.8) is 0 Å². The molecule has 0 rings (SSSR count). The van der Waals surface area contributed by atoms with Gasteiger partial charge < -0.3 is 4.12 Å². The van der Waals surface area contributed by atoms with E-state index in [4.69, 9.17) is 48.4 Å². The highest BCUT2D eigenvalue weighted by atomic mass is 35.7. The minimum absolute atomic E-state index is 0.914. The lowest BCUT2D eigenvalue weighted by molar-refractivity contribution is 0.542. The van der Waals surface area contributed by atoms with E-state index >= 15 is 0 Å². The van der Waals surface area contributed by atoms with Crippen LogP contribution in [0.2, 0.25) is 63.5 Å². The van der Waals surface area contributed by atoms with Crippen molar-refractivity contribution in [1.82, 2.24) is 0 Å². The molecule has 0 heterocycles. The van der Waals surface area contributed by atoms with Gasteiger partial charge >= 0.3 is 0 Å². The van der Waals surface area contributed by atoms with Gasteiger partial charge in [-0.3, -0.25) is 0 Å². The Kier molecular flexibility index (Phi) is 8.29. The summed E-state index contributed by atoms with van der Waals surface area (Å²) in [5, 5.41) is 0. The van der Waals surface area contributed by atoms with Crippen molar-refractivity contribution >= 4 is 74.3 Å². The largest absolute Gasteiger partial charge is 0.456 e. The van der Waals surface area contributed by atoms with Gasteiger partial charge in [0.1, 0.15) is 0 Å². The van der Waals surface area contributed by atoms with Crippen LogP contribution in [0, 0.1) is 0 Å². The number of hydrogen-bond donors (Lipinski definition) is 0. The Labute approximate surface area is 141 Å². The quantitative estimate of drug-likeness (QED) is 0.324. The summed E-state index contributed by atoms with van der Waals surface area (Å²) in [6.07, 6.45) is 0. The van der Waals surface area contributed by atoms with Crippen molar-refractivity contribution in [2.75, 3.05) is 0 Å². The molecule has 0 unspecified atom stereocenters. The molecule has 1 nitrogen and oxygen atoms in total. The van der Waals surface area contributed by atoms with Crippen molar-refractivity contribution in [2.24, 2.45) is 0 Å². The summed E-state index contributed by atoms with van der Waals surface area (Å²) in [6, 6.07) is 3.90. The molecule has 0 saturated heterocycles. The van der Waals surface area contributed by atoms with Crippen molar-refractivity contribution < 1.29 is 4.12 Å². The summed E-state index contributed by atoms with van der Waals surface area (Å²) >= 11 is 24.7. The van der Waals surface area contributed by atoms with Crippen LogP contribution in [-0.2, 0) is 4.12 Å². The molecular weight excluding hydrogens is 390 g/mol. The van der Waals surface area contributed by atoms with Crippen LogP contribution in [0.3, 0.4) is 0 Å². The van der Waals surface area contributed by atoms with Gasteiger partial charge in [-0.25, -0.2) is 0 Å². The maximum atomic E-state index is 6.50. The van der Waals surface area contributed by atoms with Crippen LogP contribution in [-0.4, -0.2) is 30.0 Å². The summed E-state index contributed by atoms with van der Waals surface area (Å²) in [5.41, 5.74) is 0. The van der Waals surface area contributed by atoms with E-state index in [0.29, 0.717) is 0 Å². The van der Waals surface area contributed by atoms with Gasteiger partial charge in [0.2, 0.25) is 13.4 Å². The van der Waals surface area contributed by atoms with Crippen LogP contribution >= 0.6 is 44.3 Å². The highest BCUT2D eigenvalue weighted by Crippen LogP contribution is 2.32. The van der Waals surface area contributed by atoms with Gasteiger partial charge in [0.05, 0.1) is 0 Å². The van der Waals surface area contributed by atoms with Gasteiger partial charge in [0, 0.05) is 0 Å². The smallest absolute Gasteiger partial charge is 0.248 e. The predicted molar refractivity (Wildman–Crippen MR) is 102 cm³/mol. The zero-order valence-electron chi connectivity index (χ0n) is 12.7. The van der Waals surface area contributed by atoms with Crippen LogP contribution in [0.1, 0.15) is 0 Å². The van der Waals surface area contributed by atoms with E-state index < -0.39 is 30.0 Å². The Bertz CT molecular complexity index is 258. The van der Waals surface area contributed by atoms with Gasteiger partial charge in [0.25, 0.3) is 0 Å². The Morgan fingerprint density at radius 3 is 1.05 bits per heavy atom. The molecule has 0 saturated carbocycles. The molecule has 0 aromatic rings. The summed E-state index contributed by atoms with van der Waals surface area (Å²) in [7, 11) is -3.38. The number of rotatable bonds is 8. The molecule has 0 atom stereocenters. The van der Waals surface area contributed by atoms with Gasteiger partial charge in [-0.15, -0.1) is 44.3 Å². The fourth-order valence-electron chi connectivity index (χ4n) is 1.89. The predicted octanol–water partition coefficient (Wildman–Crippen LogP) is 6.51. The van der Waals surface area contributed by atoms with Gasteiger partial charge in [-0.2, -0.15) is 0 Å². The van der Waals surface area contributed by atoms with Crippen molar-refractivity contribution in [3.05, 3.63) is 0 Å². The van der Waals surface area contributed by atoms with Crippen molar-refractivity contribution in [3.8, 4) is 0 Å². The first-order valence-electron chi connectivity index (χ1n) is 6.58. The average Bonchev–Trinajstić information content (AvgIpc) is 2.09. The third-order valence-corrected chi connectivity index (χ3v) is 15.7. The Morgan fingerprint density at radius 1 is 0.579 bits per heavy atom. The second-order valence-electron chi connectivity index (χ2n) is 6.76. The van der Waals surface area contributed by atoms with Crippen LogP contribution in [0.4, 0.5) is 0 Å². The SMILES string of the molecule is C[Si](Cl)(Cl)CC[Si](C)(C)O[Si](C)(C)CC[Si](C)(Cl)Cl. The monoisotopic (exact) mass is 414 g/mol. The zero-order valence-corrected chi connectivity index (χ0v) is 19.8. The summed E-state index contributed by atoms with van der Waals surface area (Å²) < 4.78 is 6.50. The summed E-state index contributed by atoms with van der Waals surface area (Å²) in [5.74, 6) is 0. The standard InChI is InChI=1S/C10H26Cl4OSi4/c1-16(2,7-9-18(5,11)12)15-17(3,4)8-10-19(6,13)14/h7-10H2,1-6H3. The average molecular weight is 416 g/mol. The topological polar surface area (TPSA) is 9.23 Å². The lowest BCUT2D eigenvalue weighted by Crippen LogP contribution is -2.45. The molecule has 0 aromatic heterocycles. The second-order valence-corrected chi connectivity index (χ2v) is 32.1. The van der Waals surface area contributed by atoms with Crippen LogP contribution in [0.15, 0.2) is 0 Å². The van der Waals surface area contributed by atoms with Crippen LogP contribution in [0.5, 0.6) is 0 Å². The third-order valence-electron chi connectivity index (χ3n) is 2.88. The molecule has 0 amide bonds. The maximum absolute atomic E-state index is 6.50. The molecule has 0 aromatic carbocycles. The van der Waals surface area contributed by atoms with E-state index in [0.717, 1.165) is 24.2 Å². The van der Waals surface area contributed by atoms with Crippen molar-refractivity contribution in [2.45, 2.75) is 63.5 Å².